The van der Waals surface area contributed by atoms with Crippen molar-refractivity contribution in [2.24, 2.45) is 0 Å². The number of rotatable bonds is 3. The van der Waals surface area contributed by atoms with Gasteiger partial charge in [-0.25, -0.2) is 0 Å². The molecule has 0 spiro atoms. The van der Waals surface area contributed by atoms with Crippen molar-refractivity contribution in [2.75, 3.05) is 12.4 Å². The highest BCUT2D eigenvalue weighted by Gasteiger charge is 2.09. The Balaban J connectivity index is 2.19. The maximum Gasteiger partial charge on any atom is 0.256 e. The fourth-order valence-electron chi connectivity index (χ4n) is 1.48. The smallest absolute Gasteiger partial charge is 0.256 e. The van der Waals surface area contributed by atoms with E-state index in [0.717, 1.165) is 5.56 Å². The number of aromatic nitrogens is 2. The third-order valence-electron chi connectivity index (χ3n) is 2.42. The van der Waals surface area contributed by atoms with Crippen LogP contribution in [0.3, 0.4) is 0 Å². The van der Waals surface area contributed by atoms with Gasteiger partial charge in [0.05, 0.1) is 13.3 Å². The molecule has 2 rings (SSSR count). The number of methoxy groups -OCH3 is 1. The van der Waals surface area contributed by atoms with Crippen LogP contribution in [0.1, 0.15) is 15.9 Å². The van der Waals surface area contributed by atoms with Gasteiger partial charge in [-0.2, -0.15) is 5.10 Å². The molecule has 0 radical (unpaired) electrons. The number of anilines is 1. The molecule has 1 heterocycles. The van der Waals surface area contributed by atoms with Gasteiger partial charge in [0.1, 0.15) is 11.6 Å². The average molecular weight is 231 g/mol. The Kier molecular flexibility index (Phi) is 3.09. The molecule has 5 nitrogen and oxygen atoms in total. The second-order valence-electron chi connectivity index (χ2n) is 3.61. The van der Waals surface area contributed by atoms with Crippen LogP contribution < -0.4 is 10.1 Å². The second kappa shape index (κ2) is 4.69. The predicted molar refractivity (Wildman–Crippen MR) is 64.3 cm³/mol. The molecule has 0 aliphatic heterocycles. The van der Waals surface area contributed by atoms with Gasteiger partial charge in [-0.15, -0.1) is 0 Å². The van der Waals surface area contributed by atoms with Crippen LogP contribution >= 0.6 is 0 Å². The van der Waals surface area contributed by atoms with Gasteiger partial charge in [0, 0.05) is 11.6 Å². The van der Waals surface area contributed by atoms with Gasteiger partial charge in [-0.05, 0) is 24.6 Å². The summed E-state index contributed by atoms with van der Waals surface area (Å²) in [6, 6.07) is 6.99. The van der Waals surface area contributed by atoms with E-state index < -0.39 is 0 Å². The number of hydrogen-bond donors (Lipinski definition) is 2. The standard InChI is InChI=1S/C12H13N3O2/c1-8-3-4-9(7-10(8)17-2)12(16)14-11-5-6-13-15-11/h3-7H,1-2H3,(H2,13,14,15,16). The van der Waals surface area contributed by atoms with Crippen LogP contribution in [0.15, 0.2) is 30.5 Å². The molecule has 0 fully saturated rings. The third-order valence-corrected chi connectivity index (χ3v) is 2.42. The van der Waals surface area contributed by atoms with E-state index in [2.05, 4.69) is 15.5 Å². The molecule has 0 unspecified atom stereocenters. The van der Waals surface area contributed by atoms with Crippen LogP contribution in [0.4, 0.5) is 5.82 Å². The molecule has 17 heavy (non-hydrogen) atoms. The number of aryl methyl sites for hydroxylation is 1. The summed E-state index contributed by atoms with van der Waals surface area (Å²) in [6.45, 7) is 1.93. The number of ether oxygens (including phenoxy) is 1. The molecule has 0 saturated heterocycles. The largest absolute Gasteiger partial charge is 0.496 e. The first-order valence-corrected chi connectivity index (χ1v) is 5.16. The molecule has 0 atom stereocenters. The lowest BCUT2D eigenvalue weighted by Gasteiger charge is -2.07. The first-order valence-electron chi connectivity index (χ1n) is 5.16. The zero-order chi connectivity index (χ0) is 12.3. The molecular formula is C12H13N3O2. The van der Waals surface area contributed by atoms with E-state index in [1.165, 1.54) is 0 Å². The summed E-state index contributed by atoms with van der Waals surface area (Å²) in [4.78, 5) is 11.9. The van der Waals surface area contributed by atoms with E-state index in [1.807, 2.05) is 13.0 Å². The highest BCUT2D eigenvalue weighted by atomic mass is 16.5. The van der Waals surface area contributed by atoms with E-state index >= 15 is 0 Å². The van der Waals surface area contributed by atoms with Gasteiger partial charge in [0.15, 0.2) is 0 Å². The quantitative estimate of drug-likeness (QED) is 0.848. The Hall–Kier alpha value is -2.30. The summed E-state index contributed by atoms with van der Waals surface area (Å²) in [6.07, 6.45) is 1.57. The summed E-state index contributed by atoms with van der Waals surface area (Å²) in [5.74, 6) is 1.06. The number of nitrogens with zero attached hydrogens (tertiary/aromatic N) is 1. The fraction of sp³-hybridized carbons (Fsp3) is 0.167. The Morgan fingerprint density at radius 2 is 2.24 bits per heavy atom. The minimum absolute atomic E-state index is 0.201. The van der Waals surface area contributed by atoms with Gasteiger partial charge in [0.25, 0.3) is 5.91 Å². The molecule has 2 N–H and O–H groups in total. The number of nitrogens with one attached hydrogen (secondary N) is 2. The predicted octanol–water partition coefficient (Wildman–Crippen LogP) is 1.98. The monoisotopic (exact) mass is 231 g/mol. The first kappa shape index (κ1) is 11.2. The maximum atomic E-state index is 11.9. The number of benzene rings is 1. The van der Waals surface area contributed by atoms with E-state index in [1.54, 1.807) is 31.5 Å². The van der Waals surface area contributed by atoms with E-state index in [-0.39, 0.29) is 5.91 Å². The van der Waals surface area contributed by atoms with Crippen molar-refractivity contribution < 1.29 is 9.53 Å². The van der Waals surface area contributed by atoms with Gasteiger partial charge in [0.2, 0.25) is 0 Å². The number of aromatic amines is 1. The topological polar surface area (TPSA) is 67.0 Å². The summed E-state index contributed by atoms with van der Waals surface area (Å²) >= 11 is 0. The Labute approximate surface area is 98.8 Å². The van der Waals surface area contributed by atoms with Gasteiger partial charge in [-0.3, -0.25) is 9.89 Å². The number of carbonyl (C=O) groups excluding carboxylic acids is 1. The number of carbonyl (C=O) groups is 1. The van der Waals surface area contributed by atoms with Crippen molar-refractivity contribution in [3.63, 3.8) is 0 Å². The molecule has 2 aromatic rings. The normalized spacial score (nSPS) is 10.0. The van der Waals surface area contributed by atoms with Crippen LogP contribution in [-0.2, 0) is 0 Å². The second-order valence-corrected chi connectivity index (χ2v) is 3.61. The van der Waals surface area contributed by atoms with Crippen LogP contribution in [0.5, 0.6) is 5.75 Å². The Morgan fingerprint density at radius 1 is 1.41 bits per heavy atom. The van der Waals surface area contributed by atoms with Crippen LogP contribution in [-0.4, -0.2) is 23.2 Å². The summed E-state index contributed by atoms with van der Waals surface area (Å²) in [7, 11) is 1.58. The van der Waals surface area contributed by atoms with Crippen molar-refractivity contribution in [3.05, 3.63) is 41.6 Å². The van der Waals surface area contributed by atoms with Crippen molar-refractivity contribution in [2.45, 2.75) is 6.92 Å². The zero-order valence-corrected chi connectivity index (χ0v) is 9.65. The molecule has 0 bridgehead atoms. The summed E-state index contributed by atoms with van der Waals surface area (Å²) < 4.78 is 5.17. The molecule has 0 saturated carbocycles. The minimum Gasteiger partial charge on any atom is -0.496 e. The zero-order valence-electron chi connectivity index (χ0n) is 9.65. The number of H-pyrrole nitrogens is 1. The fourth-order valence-corrected chi connectivity index (χ4v) is 1.48. The molecule has 88 valence electrons. The SMILES string of the molecule is COc1cc(C(=O)Nc2ccn[nH]2)ccc1C. The average Bonchev–Trinajstić information content (AvgIpc) is 2.82. The third kappa shape index (κ3) is 2.44. The summed E-state index contributed by atoms with van der Waals surface area (Å²) in [5.41, 5.74) is 1.53. The lowest BCUT2D eigenvalue weighted by atomic mass is 10.1. The van der Waals surface area contributed by atoms with E-state index in [9.17, 15) is 4.79 Å². The van der Waals surface area contributed by atoms with Crippen LogP contribution in [0, 0.1) is 6.92 Å². The van der Waals surface area contributed by atoms with Gasteiger partial charge < -0.3 is 10.1 Å². The minimum atomic E-state index is -0.201. The van der Waals surface area contributed by atoms with Crippen molar-refractivity contribution in [1.29, 1.82) is 0 Å². The van der Waals surface area contributed by atoms with Crippen molar-refractivity contribution >= 4 is 11.7 Å². The number of hydrogen-bond acceptors (Lipinski definition) is 3. The number of amides is 1. The first-order chi connectivity index (χ1) is 8.20. The molecule has 5 heteroatoms. The molecular weight excluding hydrogens is 218 g/mol. The highest BCUT2D eigenvalue weighted by molar-refractivity contribution is 6.04. The van der Waals surface area contributed by atoms with Crippen LogP contribution in [0.25, 0.3) is 0 Å². The molecule has 0 aliphatic rings. The van der Waals surface area contributed by atoms with E-state index in [4.69, 9.17) is 4.74 Å². The maximum absolute atomic E-state index is 11.9. The molecule has 1 aromatic carbocycles. The summed E-state index contributed by atoms with van der Waals surface area (Å²) in [5, 5.41) is 9.11. The molecule has 1 aromatic heterocycles. The van der Waals surface area contributed by atoms with Crippen molar-refractivity contribution in [3.8, 4) is 5.75 Å². The Bertz CT molecular complexity index is 521. The van der Waals surface area contributed by atoms with Gasteiger partial charge >= 0.3 is 0 Å². The van der Waals surface area contributed by atoms with Crippen LogP contribution in [0.2, 0.25) is 0 Å². The lowest BCUT2D eigenvalue weighted by Crippen LogP contribution is -2.12. The molecule has 1 amide bonds. The van der Waals surface area contributed by atoms with Gasteiger partial charge in [-0.1, -0.05) is 6.07 Å². The van der Waals surface area contributed by atoms with Crippen molar-refractivity contribution in [1.82, 2.24) is 10.2 Å². The Morgan fingerprint density at radius 3 is 2.88 bits per heavy atom. The van der Waals surface area contributed by atoms with E-state index in [0.29, 0.717) is 17.1 Å². The highest BCUT2D eigenvalue weighted by Crippen LogP contribution is 2.19. The lowest BCUT2D eigenvalue weighted by molar-refractivity contribution is 0.102. The molecule has 0 aliphatic carbocycles.